The monoisotopic (exact) mass is 369 g/mol. The van der Waals surface area contributed by atoms with Crippen LogP contribution < -0.4 is 5.73 Å². The van der Waals surface area contributed by atoms with Crippen molar-refractivity contribution in [3.63, 3.8) is 0 Å². The lowest BCUT2D eigenvalue weighted by Gasteiger charge is -2.04. The van der Waals surface area contributed by atoms with Crippen molar-refractivity contribution in [3.05, 3.63) is 42.3 Å². The van der Waals surface area contributed by atoms with Crippen LogP contribution >= 0.6 is 54.8 Å². The fourth-order valence-corrected chi connectivity index (χ4v) is 3.40. The number of thiophene rings is 1. The van der Waals surface area contributed by atoms with Gasteiger partial charge < -0.3 is 10.2 Å². The Bertz CT molecular complexity index is 463. The molecular formula is C9H6Br2ClNOS. The number of hydrogen-bond donors (Lipinski definition) is 1. The molecular weight excluding hydrogens is 365 g/mol. The molecule has 0 fully saturated rings. The molecule has 0 radical (unpaired) electrons. The van der Waals surface area contributed by atoms with Crippen LogP contribution in [0.4, 0.5) is 0 Å². The van der Waals surface area contributed by atoms with Crippen molar-refractivity contribution in [1.29, 1.82) is 0 Å². The number of furan rings is 1. The second kappa shape index (κ2) is 4.59. The minimum Gasteiger partial charge on any atom is -0.448 e. The topological polar surface area (TPSA) is 39.2 Å². The maximum absolute atomic E-state index is 6.03. The molecule has 0 spiro atoms. The van der Waals surface area contributed by atoms with Crippen molar-refractivity contribution in [2.75, 3.05) is 0 Å². The van der Waals surface area contributed by atoms with E-state index in [0.717, 1.165) is 13.1 Å². The third kappa shape index (κ3) is 2.47. The van der Waals surface area contributed by atoms with E-state index < -0.39 is 0 Å². The van der Waals surface area contributed by atoms with E-state index in [-0.39, 0.29) is 6.04 Å². The first kappa shape index (κ1) is 11.7. The quantitative estimate of drug-likeness (QED) is 0.840. The maximum Gasteiger partial charge on any atom is 0.193 e. The van der Waals surface area contributed by atoms with Crippen LogP contribution in [0.1, 0.15) is 16.7 Å². The summed E-state index contributed by atoms with van der Waals surface area (Å²) >= 11 is 14.1. The normalized spacial score (nSPS) is 13.1. The summed E-state index contributed by atoms with van der Waals surface area (Å²) in [5, 5.41) is 0.357. The van der Waals surface area contributed by atoms with Crippen molar-refractivity contribution in [2.45, 2.75) is 6.04 Å². The number of nitrogens with two attached hydrogens (primary N) is 1. The second-order valence-electron chi connectivity index (χ2n) is 2.89. The molecule has 0 aliphatic heterocycles. The lowest BCUT2D eigenvalue weighted by Crippen LogP contribution is -2.08. The van der Waals surface area contributed by atoms with E-state index in [0.29, 0.717) is 11.0 Å². The van der Waals surface area contributed by atoms with E-state index in [1.54, 1.807) is 23.5 Å². The molecule has 0 aromatic carbocycles. The molecule has 15 heavy (non-hydrogen) atoms. The van der Waals surface area contributed by atoms with Gasteiger partial charge in [-0.25, -0.2) is 0 Å². The van der Waals surface area contributed by atoms with Crippen molar-refractivity contribution >= 4 is 54.8 Å². The summed E-state index contributed by atoms with van der Waals surface area (Å²) in [4.78, 5) is 1.01. The zero-order valence-corrected chi connectivity index (χ0v) is 12.1. The van der Waals surface area contributed by atoms with Gasteiger partial charge in [-0.2, -0.15) is 0 Å². The largest absolute Gasteiger partial charge is 0.448 e. The minimum absolute atomic E-state index is 0.273. The van der Waals surface area contributed by atoms with E-state index in [1.807, 2.05) is 6.07 Å². The fraction of sp³-hybridized carbons (Fsp3) is 0.111. The van der Waals surface area contributed by atoms with E-state index in [4.69, 9.17) is 21.8 Å². The van der Waals surface area contributed by atoms with Gasteiger partial charge in [0.1, 0.15) is 5.76 Å². The molecule has 1 atom stereocenters. The first-order chi connectivity index (χ1) is 7.08. The first-order valence-corrected chi connectivity index (χ1v) is 6.81. The summed E-state index contributed by atoms with van der Waals surface area (Å²) in [6.07, 6.45) is 0. The van der Waals surface area contributed by atoms with Crippen LogP contribution in [-0.2, 0) is 0 Å². The fourth-order valence-electron chi connectivity index (χ4n) is 1.15. The second-order valence-corrected chi connectivity index (χ2v) is 6.52. The van der Waals surface area contributed by atoms with Gasteiger partial charge >= 0.3 is 0 Å². The summed E-state index contributed by atoms with van der Waals surface area (Å²) in [5.74, 6) is 0.668. The summed E-state index contributed by atoms with van der Waals surface area (Å²) in [5.41, 5.74) is 6.03. The van der Waals surface area contributed by atoms with Gasteiger partial charge in [0.2, 0.25) is 0 Å². The van der Waals surface area contributed by atoms with Gasteiger partial charge in [0.05, 0.1) is 9.83 Å². The lowest BCUT2D eigenvalue weighted by atomic mass is 10.2. The van der Waals surface area contributed by atoms with Crippen LogP contribution in [0, 0.1) is 0 Å². The SMILES string of the molecule is NC(c1ccc(Cl)o1)c1cc(Br)c(Br)s1. The number of rotatable bonds is 2. The van der Waals surface area contributed by atoms with Gasteiger partial charge in [0.25, 0.3) is 0 Å². The Morgan fingerprint density at radius 3 is 2.60 bits per heavy atom. The molecule has 80 valence electrons. The van der Waals surface area contributed by atoms with Gasteiger partial charge in [-0.1, -0.05) is 0 Å². The van der Waals surface area contributed by atoms with E-state index in [1.165, 1.54) is 0 Å². The van der Waals surface area contributed by atoms with Crippen molar-refractivity contribution in [3.8, 4) is 0 Å². The molecule has 2 aromatic heterocycles. The molecule has 2 aromatic rings. The summed E-state index contributed by atoms with van der Waals surface area (Å²) in [6, 6.07) is 5.17. The van der Waals surface area contributed by atoms with Gasteiger partial charge in [-0.3, -0.25) is 0 Å². The van der Waals surface area contributed by atoms with Crippen molar-refractivity contribution in [1.82, 2.24) is 0 Å². The van der Waals surface area contributed by atoms with Crippen LogP contribution in [0.3, 0.4) is 0 Å². The summed E-state index contributed by atoms with van der Waals surface area (Å²) in [6.45, 7) is 0. The van der Waals surface area contributed by atoms with Crippen LogP contribution in [-0.4, -0.2) is 0 Å². The predicted octanol–water partition coefficient (Wildman–Crippen LogP) is 4.57. The smallest absolute Gasteiger partial charge is 0.193 e. The first-order valence-electron chi connectivity index (χ1n) is 4.03. The molecule has 2 nitrogen and oxygen atoms in total. The third-order valence-corrected chi connectivity index (χ3v) is 5.41. The molecule has 2 heterocycles. The highest BCUT2D eigenvalue weighted by Crippen LogP contribution is 2.37. The Morgan fingerprint density at radius 1 is 1.40 bits per heavy atom. The highest BCUT2D eigenvalue weighted by molar-refractivity contribution is 9.13. The van der Waals surface area contributed by atoms with Crippen molar-refractivity contribution in [2.24, 2.45) is 5.73 Å². The number of hydrogen-bond acceptors (Lipinski definition) is 3. The van der Waals surface area contributed by atoms with Gasteiger partial charge in [0.15, 0.2) is 5.22 Å². The average molecular weight is 371 g/mol. The van der Waals surface area contributed by atoms with Crippen LogP contribution in [0.2, 0.25) is 5.22 Å². The van der Waals surface area contributed by atoms with Gasteiger partial charge in [-0.05, 0) is 61.7 Å². The standard InChI is InChI=1S/C9H6Br2ClNOS/c10-4-3-6(15-9(4)11)8(13)5-1-2-7(12)14-5/h1-3,8H,13H2. The van der Waals surface area contributed by atoms with Gasteiger partial charge in [-0.15, -0.1) is 11.3 Å². The molecule has 0 bridgehead atoms. The Labute approximate surface area is 113 Å². The molecule has 0 saturated heterocycles. The zero-order chi connectivity index (χ0) is 11.0. The number of halogens is 3. The van der Waals surface area contributed by atoms with E-state index in [2.05, 4.69) is 31.9 Å². The summed E-state index contributed by atoms with van der Waals surface area (Å²) < 4.78 is 7.28. The maximum atomic E-state index is 6.03. The summed E-state index contributed by atoms with van der Waals surface area (Å²) in [7, 11) is 0. The van der Waals surface area contributed by atoms with Crippen LogP contribution in [0.15, 0.2) is 30.9 Å². The third-order valence-electron chi connectivity index (χ3n) is 1.87. The molecule has 0 aliphatic rings. The van der Waals surface area contributed by atoms with E-state index in [9.17, 15) is 0 Å². The van der Waals surface area contributed by atoms with Gasteiger partial charge in [0, 0.05) is 9.35 Å². The Hall–Kier alpha value is 0.190. The molecule has 6 heteroatoms. The molecule has 1 unspecified atom stereocenters. The van der Waals surface area contributed by atoms with E-state index >= 15 is 0 Å². The Morgan fingerprint density at radius 2 is 2.13 bits per heavy atom. The van der Waals surface area contributed by atoms with Crippen LogP contribution in [0.5, 0.6) is 0 Å². The molecule has 2 N–H and O–H groups in total. The average Bonchev–Trinajstić information content (AvgIpc) is 2.74. The molecule has 0 saturated carbocycles. The van der Waals surface area contributed by atoms with Crippen molar-refractivity contribution < 1.29 is 4.42 Å². The molecule has 0 aliphatic carbocycles. The minimum atomic E-state index is -0.273. The van der Waals surface area contributed by atoms with Crippen LogP contribution in [0.25, 0.3) is 0 Å². The highest BCUT2D eigenvalue weighted by atomic mass is 79.9. The lowest BCUT2D eigenvalue weighted by molar-refractivity contribution is 0.493. The predicted molar refractivity (Wildman–Crippen MR) is 69.5 cm³/mol. The Balaban J connectivity index is 2.31. The Kier molecular flexibility index (Phi) is 3.57. The molecule has 0 amide bonds. The molecule has 2 rings (SSSR count). The zero-order valence-electron chi connectivity index (χ0n) is 7.34. The highest BCUT2D eigenvalue weighted by Gasteiger charge is 2.16.